The molecule has 0 saturated heterocycles. The number of carbonyl (C=O) groups is 1. The van der Waals surface area contributed by atoms with E-state index in [1.807, 2.05) is 0 Å². The third-order valence-corrected chi connectivity index (χ3v) is 6.24. The van der Waals surface area contributed by atoms with E-state index in [2.05, 4.69) is 4.40 Å². The van der Waals surface area contributed by atoms with Crippen LogP contribution in [-0.4, -0.2) is 30.2 Å². The molecule has 2 atom stereocenters. The molecule has 0 heterocycles. The highest BCUT2D eigenvalue weighted by Gasteiger charge is 2.48. The number of nitrogens with zero attached hydrogens (tertiary/aromatic N) is 1. The summed E-state index contributed by atoms with van der Waals surface area (Å²) in [5.74, 6) is -0.449. The maximum absolute atomic E-state index is 12.3. The van der Waals surface area contributed by atoms with E-state index in [1.165, 1.54) is 26.0 Å². The van der Waals surface area contributed by atoms with Gasteiger partial charge in [0.25, 0.3) is 10.0 Å². The molecule has 1 aromatic carbocycles. The lowest BCUT2D eigenvalue weighted by molar-refractivity contribution is -0.117. The molecule has 1 aliphatic carbocycles. The first-order chi connectivity index (χ1) is 10.1. The minimum atomic E-state index is -4.00. The van der Waals surface area contributed by atoms with Gasteiger partial charge in [-0.25, -0.2) is 0 Å². The van der Waals surface area contributed by atoms with Crippen LogP contribution in [0.25, 0.3) is 0 Å². The zero-order chi connectivity index (χ0) is 16.7. The van der Waals surface area contributed by atoms with Gasteiger partial charge < -0.3 is 0 Å². The van der Waals surface area contributed by atoms with E-state index < -0.39 is 26.1 Å². The molecule has 118 valence electrons. The van der Waals surface area contributed by atoms with Gasteiger partial charge in [-0.05, 0) is 26.0 Å². The Bertz CT molecular complexity index is 783. The highest BCUT2D eigenvalue weighted by Crippen LogP contribution is 2.38. The van der Waals surface area contributed by atoms with Crippen molar-refractivity contribution in [2.75, 3.05) is 0 Å². The number of Topliss-reactive ketones (excluding diaryl/α,β-unsaturated/α-hetero) is 1. The number of ketones is 1. The van der Waals surface area contributed by atoms with Gasteiger partial charge in [0.05, 0.1) is 15.6 Å². The average molecular weight is 381 g/mol. The highest BCUT2D eigenvalue weighted by molar-refractivity contribution is 7.90. The molecule has 0 bridgehead atoms. The van der Waals surface area contributed by atoms with Crippen molar-refractivity contribution in [3.63, 3.8) is 0 Å². The van der Waals surface area contributed by atoms with E-state index >= 15 is 0 Å². The second-order valence-electron chi connectivity index (χ2n) is 4.97. The predicted molar refractivity (Wildman–Crippen MR) is 88.5 cm³/mol. The molecule has 1 aliphatic rings. The molecule has 0 radical (unpaired) electrons. The van der Waals surface area contributed by atoms with E-state index in [-0.39, 0.29) is 21.2 Å². The normalized spacial score (nSPS) is 28.3. The third kappa shape index (κ3) is 2.95. The maximum Gasteiger partial charge on any atom is 0.282 e. The van der Waals surface area contributed by atoms with E-state index in [9.17, 15) is 13.2 Å². The summed E-state index contributed by atoms with van der Waals surface area (Å²) in [7, 11) is -4.00. The van der Waals surface area contributed by atoms with Crippen molar-refractivity contribution in [2.24, 2.45) is 4.40 Å². The van der Waals surface area contributed by atoms with Gasteiger partial charge in [0.1, 0.15) is 10.3 Å². The number of allylic oxidation sites excluding steroid dienone is 2. The van der Waals surface area contributed by atoms with E-state index in [4.69, 9.17) is 34.8 Å². The van der Waals surface area contributed by atoms with Crippen molar-refractivity contribution < 1.29 is 13.2 Å². The summed E-state index contributed by atoms with van der Waals surface area (Å²) >= 11 is 18.4. The topological polar surface area (TPSA) is 63.6 Å². The highest BCUT2D eigenvalue weighted by atomic mass is 35.5. The molecule has 2 rings (SSSR count). The van der Waals surface area contributed by atoms with Gasteiger partial charge in [-0.2, -0.15) is 12.8 Å². The first-order valence-electron chi connectivity index (χ1n) is 6.23. The minimum Gasteiger partial charge on any atom is -0.292 e. The number of carbonyl (C=O) groups excluding carboxylic acids is 1. The molecule has 0 N–H and O–H groups in total. The van der Waals surface area contributed by atoms with E-state index in [0.717, 1.165) is 0 Å². The molecule has 4 nitrogen and oxygen atoms in total. The van der Waals surface area contributed by atoms with Gasteiger partial charge in [0.15, 0.2) is 5.78 Å². The number of alkyl halides is 2. The van der Waals surface area contributed by atoms with Crippen LogP contribution in [0, 0.1) is 0 Å². The van der Waals surface area contributed by atoms with Gasteiger partial charge in [-0.1, -0.05) is 29.8 Å². The molecule has 0 fully saturated rings. The summed E-state index contributed by atoms with van der Waals surface area (Å²) in [6, 6.07) is 7.64. The average Bonchev–Trinajstić information content (AvgIpc) is 2.49. The van der Waals surface area contributed by atoms with Crippen molar-refractivity contribution in [1.82, 2.24) is 0 Å². The largest absolute Gasteiger partial charge is 0.292 e. The van der Waals surface area contributed by atoms with Gasteiger partial charge in [-0.3, -0.25) is 4.79 Å². The molecule has 0 spiro atoms. The van der Waals surface area contributed by atoms with Crippen molar-refractivity contribution in [2.45, 2.75) is 29.0 Å². The lowest BCUT2D eigenvalue weighted by atomic mass is 9.87. The van der Waals surface area contributed by atoms with Crippen molar-refractivity contribution in [3.8, 4) is 0 Å². The molecule has 0 saturated carbocycles. The summed E-state index contributed by atoms with van der Waals surface area (Å²) in [4.78, 5) is 10.6. The summed E-state index contributed by atoms with van der Waals surface area (Å²) in [5, 5.41) is -1.24. The van der Waals surface area contributed by atoms with Crippen LogP contribution in [0.5, 0.6) is 0 Å². The van der Waals surface area contributed by atoms with Crippen LogP contribution in [0.2, 0.25) is 0 Å². The molecular formula is C14H12Cl3NO3S. The number of benzene rings is 1. The molecule has 8 heteroatoms. The second-order valence-corrected chi connectivity index (χ2v) is 8.17. The molecule has 1 aromatic rings. The molecule has 0 aromatic heterocycles. The Morgan fingerprint density at radius 3 is 2.32 bits per heavy atom. The Morgan fingerprint density at radius 1 is 1.23 bits per heavy atom. The van der Waals surface area contributed by atoms with Crippen LogP contribution in [0.1, 0.15) is 13.8 Å². The summed E-state index contributed by atoms with van der Waals surface area (Å²) < 4.78 is 28.4. The summed E-state index contributed by atoms with van der Waals surface area (Å²) in [6.45, 7) is 2.87. The number of sulfonamides is 1. The number of halogens is 3. The quantitative estimate of drug-likeness (QED) is 0.737. The fourth-order valence-electron chi connectivity index (χ4n) is 2.00. The molecule has 22 heavy (non-hydrogen) atoms. The molecular weight excluding hydrogens is 369 g/mol. The predicted octanol–water partition coefficient (Wildman–Crippen LogP) is 3.52. The zero-order valence-electron chi connectivity index (χ0n) is 11.7. The van der Waals surface area contributed by atoms with Crippen LogP contribution in [0.15, 0.2) is 50.2 Å². The van der Waals surface area contributed by atoms with Crippen LogP contribution in [0.4, 0.5) is 0 Å². The van der Waals surface area contributed by atoms with Gasteiger partial charge >= 0.3 is 0 Å². The van der Waals surface area contributed by atoms with Crippen LogP contribution >= 0.6 is 34.8 Å². The van der Waals surface area contributed by atoms with Crippen molar-refractivity contribution in [1.29, 1.82) is 0 Å². The minimum absolute atomic E-state index is 0.00154. The Balaban J connectivity index is 2.63. The molecule has 0 unspecified atom stereocenters. The first kappa shape index (κ1) is 17.5. The molecule has 0 amide bonds. The van der Waals surface area contributed by atoms with Gasteiger partial charge in [-0.15, -0.1) is 23.2 Å². The van der Waals surface area contributed by atoms with Crippen molar-refractivity contribution >= 4 is 56.3 Å². The van der Waals surface area contributed by atoms with Crippen LogP contribution < -0.4 is 0 Å². The van der Waals surface area contributed by atoms with Gasteiger partial charge in [0, 0.05) is 5.57 Å². The lowest BCUT2D eigenvalue weighted by Crippen LogP contribution is -2.48. The monoisotopic (exact) mass is 379 g/mol. The summed E-state index contributed by atoms with van der Waals surface area (Å²) in [6.07, 6.45) is 0. The number of hydrogen-bond acceptors (Lipinski definition) is 3. The Labute approximate surface area is 143 Å². The third-order valence-electron chi connectivity index (χ3n) is 3.31. The van der Waals surface area contributed by atoms with Crippen LogP contribution in [0.3, 0.4) is 0 Å². The first-order valence-corrected chi connectivity index (χ1v) is 8.86. The second kappa shape index (κ2) is 5.96. The SMILES string of the molecule is CC1=C(Cl)C(=NS(=O)(=O)c2ccccc2)[C@H](Cl)[C@@](C)(Cl)C1=O. The standard InChI is InChI=1S/C14H12Cl3NO3S/c1-8-10(15)11(12(16)14(2,17)13(8)19)18-22(20,21)9-6-4-3-5-7-9/h3-7,12H,1-2H3/t12-,14+/m0/s1. The Hall–Kier alpha value is -0.880. The molecule has 0 aliphatic heterocycles. The van der Waals surface area contributed by atoms with Crippen molar-refractivity contribution in [3.05, 3.63) is 40.9 Å². The van der Waals surface area contributed by atoms with E-state index in [1.54, 1.807) is 18.2 Å². The number of rotatable bonds is 2. The van der Waals surface area contributed by atoms with Crippen LogP contribution in [-0.2, 0) is 14.8 Å². The number of hydrogen-bond donors (Lipinski definition) is 0. The fourth-order valence-corrected chi connectivity index (χ4v) is 3.97. The Morgan fingerprint density at radius 2 is 1.77 bits per heavy atom. The smallest absolute Gasteiger partial charge is 0.282 e. The fraction of sp³-hybridized carbons (Fsp3) is 0.286. The maximum atomic E-state index is 12.3. The van der Waals surface area contributed by atoms with Gasteiger partial charge in [0.2, 0.25) is 0 Å². The lowest BCUT2D eigenvalue weighted by Gasteiger charge is -2.32. The Kier molecular flexibility index (Phi) is 4.74. The van der Waals surface area contributed by atoms with E-state index in [0.29, 0.717) is 0 Å². The summed E-state index contributed by atoms with van der Waals surface area (Å²) in [5.41, 5.74) is 0.0138. The zero-order valence-corrected chi connectivity index (χ0v) is 14.8.